The summed E-state index contributed by atoms with van der Waals surface area (Å²) in [6.07, 6.45) is 10.1. The highest BCUT2D eigenvalue weighted by Crippen LogP contribution is 2.42. The predicted molar refractivity (Wildman–Crippen MR) is 47.3 cm³/mol. The van der Waals surface area contributed by atoms with Crippen LogP contribution < -0.4 is 5.73 Å². The highest BCUT2D eigenvalue weighted by atomic mass is 14.7. The monoisotopic (exact) mass is 153 g/mol. The lowest BCUT2D eigenvalue weighted by Crippen LogP contribution is -2.10. The van der Waals surface area contributed by atoms with Gasteiger partial charge in [0.2, 0.25) is 0 Å². The maximum absolute atomic E-state index is 5.85. The Hall–Kier alpha value is -0.0400. The lowest BCUT2D eigenvalue weighted by Gasteiger charge is -2.11. The van der Waals surface area contributed by atoms with E-state index in [0.29, 0.717) is 6.04 Å². The van der Waals surface area contributed by atoms with E-state index in [2.05, 4.69) is 0 Å². The Balaban J connectivity index is 1.82. The number of rotatable bonds is 1. The molecule has 2 fully saturated rings. The van der Waals surface area contributed by atoms with Crippen molar-refractivity contribution in [3.05, 3.63) is 0 Å². The molecule has 0 aromatic carbocycles. The minimum absolute atomic E-state index is 0.582. The van der Waals surface area contributed by atoms with E-state index in [9.17, 15) is 0 Å². The van der Waals surface area contributed by atoms with Gasteiger partial charge in [-0.3, -0.25) is 0 Å². The van der Waals surface area contributed by atoms with Crippen LogP contribution in [-0.4, -0.2) is 6.04 Å². The molecule has 2 aliphatic rings. The molecule has 0 heterocycles. The first-order valence-corrected chi connectivity index (χ1v) is 5.13. The summed E-state index contributed by atoms with van der Waals surface area (Å²) in [6, 6.07) is 0.582. The van der Waals surface area contributed by atoms with Gasteiger partial charge in [-0.25, -0.2) is 0 Å². The van der Waals surface area contributed by atoms with E-state index in [-0.39, 0.29) is 0 Å². The molecule has 0 saturated heterocycles. The quantitative estimate of drug-likeness (QED) is 0.575. The van der Waals surface area contributed by atoms with E-state index in [4.69, 9.17) is 5.73 Å². The van der Waals surface area contributed by atoms with Gasteiger partial charge in [0.25, 0.3) is 0 Å². The van der Waals surface area contributed by atoms with Crippen LogP contribution in [-0.2, 0) is 0 Å². The maximum Gasteiger partial charge on any atom is 0.00737 e. The normalized spacial score (nSPS) is 40.1. The van der Waals surface area contributed by atoms with Gasteiger partial charge in [-0.2, -0.15) is 0 Å². The van der Waals surface area contributed by atoms with Gasteiger partial charge >= 0.3 is 0 Å². The fourth-order valence-corrected chi connectivity index (χ4v) is 2.52. The summed E-state index contributed by atoms with van der Waals surface area (Å²) in [5, 5.41) is 0. The summed E-state index contributed by atoms with van der Waals surface area (Å²) in [5.74, 6) is 1.93. The summed E-state index contributed by atoms with van der Waals surface area (Å²) in [7, 11) is 0. The van der Waals surface area contributed by atoms with Crippen LogP contribution in [0, 0.1) is 11.8 Å². The summed E-state index contributed by atoms with van der Waals surface area (Å²) in [5.41, 5.74) is 5.85. The minimum atomic E-state index is 0.582. The van der Waals surface area contributed by atoms with Crippen LogP contribution in [0.1, 0.15) is 44.9 Å². The second kappa shape index (κ2) is 3.14. The smallest absolute Gasteiger partial charge is 0.00737 e. The molecule has 0 bridgehead atoms. The number of nitrogens with two attached hydrogens (primary N) is 1. The lowest BCUT2D eigenvalue weighted by atomic mass is 9.95. The molecule has 1 nitrogen and oxygen atoms in total. The van der Waals surface area contributed by atoms with Gasteiger partial charge in [-0.15, -0.1) is 0 Å². The van der Waals surface area contributed by atoms with Gasteiger partial charge in [0.05, 0.1) is 0 Å². The molecule has 64 valence electrons. The van der Waals surface area contributed by atoms with Gasteiger partial charge in [0.1, 0.15) is 0 Å². The highest BCUT2D eigenvalue weighted by Gasteiger charge is 2.39. The average molecular weight is 153 g/mol. The zero-order valence-corrected chi connectivity index (χ0v) is 7.26. The fourth-order valence-electron chi connectivity index (χ4n) is 2.52. The van der Waals surface area contributed by atoms with Crippen molar-refractivity contribution in [3.63, 3.8) is 0 Å². The second-order valence-corrected chi connectivity index (χ2v) is 4.32. The van der Waals surface area contributed by atoms with Gasteiger partial charge in [-0.05, 0) is 18.3 Å². The van der Waals surface area contributed by atoms with Crippen molar-refractivity contribution in [2.24, 2.45) is 17.6 Å². The minimum Gasteiger partial charge on any atom is -0.327 e. The van der Waals surface area contributed by atoms with Crippen molar-refractivity contribution in [1.29, 1.82) is 0 Å². The zero-order valence-electron chi connectivity index (χ0n) is 7.26. The van der Waals surface area contributed by atoms with E-state index >= 15 is 0 Å². The zero-order chi connectivity index (χ0) is 7.68. The van der Waals surface area contributed by atoms with E-state index in [0.717, 1.165) is 11.8 Å². The van der Waals surface area contributed by atoms with Crippen molar-refractivity contribution in [3.8, 4) is 0 Å². The van der Waals surface area contributed by atoms with Crippen LogP contribution in [0.5, 0.6) is 0 Å². The standard InChI is InChI=1S/C10H19N/c11-10-7-9(10)8-5-3-1-2-4-6-8/h8-10H,1-7,11H2. The molecule has 0 radical (unpaired) electrons. The molecule has 11 heavy (non-hydrogen) atoms. The van der Waals surface area contributed by atoms with Crippen molar-refractivity contribution in [1.82, 2.24) is 0 Å². The number of hydrogen-bond donors (Lipinski definition) is 1. The third-order valence-corrected chi connectivity index (χ3v) is 3.40. The van der Waals surface area contributed by atoms with E-state index in [1.54, 1.807) is 0 Å². The Morgan fingerprint density at radius 3 is 1.91 bits per heavy atom. The van der Waals surface area contributed by atoms with Crippen LogP contribution in [0.4, 0.5) is 0 Å². The third-order valence-electron chi connectivity index (χ3n) is 3.40. The van der Waals surface area contributed by atoms with Crippen LogP contribution >= 0.6 is 0 Å². The molecule has 0 aromatic heterocycles. The first-order valence-electron chi connectivity index (χ1n) is 5.13. The van der Waals surface area contributed by atoms with Gasteiger partial charge in [-0.1, -0.05) is 38.5 Å². The van der Waals surface area contributed by atoms with Crippen LogP contribution in [0.25, 0.3) is 0 Å². The van der Waals surface area contributed by atoms with E-state index in [1.165, 1.54) is 44.9 Å². The summed E-state index contributed by atoms with van der Waals surface area (Å²) >= 11 is 0. The summed E-state index contributed by atoms with van der Waals surface area (Å²) in [6.45, 7) is 0. The molecule has 2 saturated carbocycles. The Bertz CT molecular complexity index is 125. The first-order chi connectivity index (χ1) is 5.38. The molecule has 0 spiro atoms. The predicted octanol–water partition coefficient (Wildman–Crippen LogP) is 2.30. The van der Waals surface area contributed by atoms with Crippen LogP contribution in [0.15, 0.2) is 0 Å². The van der Waals surface area contributed by atoms with Gasteiger partial charge < -0.3 is 5.73 Å². The third kappa shape index (κ3) is 1.76. The van der Waals surface area contributed by atoms with Gasteiger partial charge in [0, 0.05) is 6.04 Å². The summed E-state index contributed by atoms with van der Waals surface area (Å²) < 4.78 is 0. The maximum atomic E-state index is 5.85. The Morgan fingerprint density at radius 2 is 1.45 bits per heavy atom. The van der Waals surface area contributed by atoms with Crippen LogP contribution in [0.2, 0.25) is 0 Å². The Kier molecular flexibility index (Phi) is 2.17. The topological polar surface area (TPSA) is 26.0 Å². The molecular formula is C10H19N. The first kappa shape index (κ1) is 7.60. The van der Waals surface area contributed by atoms with Crippen LogP contribution in [0.3, 0.4) is 0 Å². The van der Waals surface area contributed by atoms with Crippen molar-refractivity contribution in [2.45, 2.75) is 51.0 Å². The van der Waals surface area contributed by atoms with E-state index in [1.807, 2.05) is 0 Å². The molecule has 2 rings (SSSR count). The largest absolute Gasteiger partial charge is 0.327 e. The summed E-state index contributed by atoms with van der Waals surface area (Å²) in [4.78, 5) is 0. The van der Waals surface area contributed by atoms with E-state index < -0.39 is 0 Å². The Labute approximate surface area is 69.4 Å². The second-order valence-electron chi connectivity index (χ2n) is 4.32. The Morgan fingerprint density at radius 1 is 0.909 bits per heavy atom. The number of hydrogen-bond acceptors (Lipinski definition) is 1. The van der Waals surface area contributed by atoms with Crippen molar-refractivity contribution < 1.29 is 0 Å². The molecule has 0 amide bonds. The van der Waals surface area contributed by atoms with Crippen molar-refractivity contribution >= 4 is 0 Å². The molecule has 2 unspecified atom stereocenters. The molecule has 0 aromatic rings. The molecule has 0 aliphatic heterocycles. The van der Waals surface area contributed by atoms with Crippen molar-refractivity contribution in [2.75, 3.05) is 0 Å². The SMILES string of the molecule is NC1CC1C1CCCCCC1. The lowest BCUT2D eigenvalue weighted by molar-refractivity contribution is 0.399. The molecule has 2 N–H and O–H groups in total. The molecule has 1 heteroatoms. The average Bonchev–Trinajstić information content (AvgIpc) is 2.71. The molecule has 2 atom stereocenters. The van der Waals surface area contributed by atoms with Gasteiger partial charge in [0.15, 0.2) is 0 Å². The molecule has 2 aliphatic carbocycles. The molecular weight excluding hydrogens is 134 g/mol. The highest BCUT2D eigenvalue weighted by molar-refractivity contribution is 4.94. The fraction of sp³-hybridized carbons (Fsp3) is 1.00.